The highest BCUT2D eigenvalue weighted by Gasteiger charge is 2.23. The maximum Gasteiger partial charge on any atom is 0.306 e. The van der Waals surface area contributed by atoms with E-state index in [1.165, 1.54) is 14.0 Å². The first-order valence-corrected chi connectivity index (χ1v) is 4.58. The van der Waals surface area contributed by atoms with Gasteiger partial charge in [-0.3, -0.25) is 9.59 Å². The fourth-order valence-electron chi connectivity index (χ4n) is 1.05. The van der Waals surface area contributed by atoms with E-state index in [9.17, 15) is 9.59 Å². The molecule has 0 heterocycles. The molecule has 1 atom stereocenters. The Hall–Kier alpha value is -0.900. The van der Waals surface area contributed by atoms with Crippen LogP contribution in [0.25, 0.3) is 0 Å². The van der Waals surface area contributed by atoms with Crippen LogP contribution in [0.2, 0.25) is 0 Å². The Bertz CT molecular complexity index is 220. The van der Waals surface area contributed by atoms with E-state index in [1.807, 2.05) is 0 Å². The molecule has 1 unspecified atom stereocenters. The number of ketones is 1. The van der Waals surface area contributed by atoms with E-state index in [4.69, 9.17) is 9.84 Å². The first-order valence-electron chi connectivity index (χ1n) is 4.58. The van der Waals surface area contributed by atoms with Crippen molar-refractivity contribution in [3.63, 3.8) is 0 Å². The number of rotatable bonds is 6. The van der Waals surface area contributed by atoms with Crippen molar-refractivity contribution in [3.8, 4) is 0 Å². The molecule has 0 aromatic rings. The highest BCUT2D eigenvalue weighted by atomic mass is 16.5. The van der Waals surface area contributed by atoms with Gasteiger partial charge in [0.05, 0.1) is 11.5 Å². The molecule has 0 saturated heterocycles. The van der Waals surface area contributed by atoms with Crippen LogP contribution in [0.15, 0.2) is 0 Å². The first kappa shape index (κ1) is 13.1. The molecule has 4 heteroatoms. The van der Waals surface area contributed by atoms with Gasteiger partial charge in [-0.2, -0.15) is 0 Å². The van der Waals surface area contributed by atoms with Gasteiger partial charge in [-0.25, -0.2) is 0 Å². The van der Waals surface area contributed by atoms with Crippen molar-refractivity contribution in [2.45, 2.75) is 39.2 Å². The average Bonchev–Trinajstić information content (AvgIpc) is 2.02. The molecule has 0 spiro atoms. The van der Waals surface area contributed by atoms with Crippen LogP contribution < -0.4 is 0 Å². The van der Waals surface area contributed by atoms with Crippen molar-refractivity contribution < 1.29 is 19.4 Å². The lowest BCUT2D eigenvalue weighted by Gasteiger charge is -2.22. The van der Waals surface area contributed by atoms with Gasteiger partial charge in [0, 0.05) is 20.0 Å². The minimum absolute atomic E-state index is 0.0716. The largest absolute Gasteiger partial charge is 0.481 e. The van der Waals surface area contributed by atoms with E-state index in [0.717, 1.165) is 0 Å². The standard InChI is InChI=1S/C10H18O4/c1-7(9(12)13)5-8(11)6-10(2,3)14-4/h7H,5-6H2,1-4H3,(H,12,13). The van der Waals surface area contributed by atoms with Crippen LogP contribution in [0.4, 0.5) is 0 Å². The lowest BCUT2D eigenvalue weighted by atomic mass is 9.95. The molecule has 0 bridgehead atoms. The van der Waals surface area contributed by atoms with Crippen molar-refractivity contribution in [2.24, 2.45) is 5.92 Å². The molecule has 0 aliphatic rings. The minimum Gasteiger partial charge on any atom is -0.481 e. The zero-order chi connectivity index (χ0) is 11.4. The number of hydrogen-bond acceptors (Lipinski definition) is 3. The smallest absolute Gasteiger partial charge is 0.306 e. The lowest BCUT2D eigenvalue weighted by molar-refractivity contribution is -0.143. The van der Waals surface area contributed by atoms with E-state index >= 15 is 0 Å². The minimum atomic E-state index is -0.937. The predicted octanol–water partition coefficient (Wildman–Crippen LogP) is 1.48. The maximum absolute atomic E-state index is 11.4. The summed E-state index contributed by atoms with van der Waals surface area (Å²) in [4.78, 5) is 21.9. The number of carboxylic acids is 1. The number of aliphatic carboxylic acids is 1. The number of hydrogen-bond donors (Lipinski definition) is 1. The fourth-order valence-corrected chi connectivity index (χ4v) is 1.05. The van der Waals surface area contributed by atoms with Crippen LogP contribution in [0.5, 0.6) is 0 Å². The molecule has 0 radical (unpaired) electrons. The molecular weight excluding hydrogens is 184 g/mol. The Labute approximate surface area is 84.3 Å². The summed E-state index contributed by atoms with van der Waals surface area (Å²) in [6.07, 6.45) is 0.323. The number of Topliss-reactive ketones (excluding diaryl/α,β-unsaturated/α-hetero) is 1. The van der Waals surface area contributed by atoms with E-state index in [1.54, 1.807) is 13.8 Å². The lowest BCUT2D eigenvalue weighted by Crippen LogP contribution is -2.28. The molecule has 0 aromatic heterocycles. The molecule has 1 N–H and O–H groups in total. The molecule has 0 rings (SSSR count). The van der Waals surface area contributed by atoms with Crippen LogP contribution in [-0.4, -0.2) is 29.6 Å². The van der Waals surface area contributed by atoms with Gasteiger partial charge in [-0.1, -0.05) is 6.92 Å². The predicted molar refractivity (Wildman–Crippen MR) is 52.1 cm³/mol. The van der Waals surface area contributed by atoms with Crippen molar-refractivity contribution in [1.82, 2.24) is 0 Å². The second kappa shape index (κ2) is 5.10. The molecule has 0 amide bonds. The summed E-state index contributed by atoms with van der Waals surface area (Å²) >= 11 is 0. The summed E-state index contributed by atoms with van der Waals surface area (Å²) < 4.78 is 5.08. The number of ether oxygens (including phenoxy) is 1. The van der Waals surface area contributed by atoms with Crippen LogP contribution in [0.1, 0.15) is 33.6 Å². The van der Waals surface area contributed by atoms with E-state index in [2.05, 4.69) is 0 Å². The molecule has 82 valence electrons. The van der Waals surface area contributed by atoms with Gasteiger partial charge in [-0.15, -0.1) is 0 Å². The van der Waals surface area contributed by atoms with Crippen LogP contribution >= 0.6 is 0 Å². The maximum atomic E-state index is 11.4. The molecule has 0 fully saturated rings. The summed E-state index contributed by atoms with van der Waals surface area (Å²) in [5, 5.41) is 8.60. The number of methoxy groups -OCH3 is 1. The summed E-state index contributed by atoms with van der Waals surface area (Å²) in [5.74, 6) is -1.63. The first-order chi connectivity index (χ1) is 6.28. The summed E-state index contributed by atoms with van der Waals surface area (Å²) in [6.45, 7) is 5.13. The summed E-state index contributed by atoms with van der Waals surface area (Å²) in [6, 6.07) is 0. The van der Waals surface area contributed by atoms with Crippen molar-refractivity contribution >= 4 is 11.8 Å². The van der Waals surface area contributed by atoms with Crippen LogP contribution in [0, 0.1) is 5.92 Å². The molecule has 0 aliphatic heterocycles. The van der Waals surface area contributed by atoms with E-state index in [0.29, 0.717) is 0 Å². The van der Waals surface area contributed by atoms with Gasteiger partial charge in [0.2, 0.25) is 0 Å². The van der Waals surface area contributed by atoms with E-state index in [-0.39, 0.29) is 18.6 Å². The third kappa shape index (κ3) is 4.97. The SMILES string of the molecule is COC(C)(C)CC(=O)CC(C)C(=O)O. The average molecular weight is 202 g/mol. The Morgan fingerprint density at radius 1 is 1.43 bits per heavy atom. The zero-order valence-corrected chi connectivity index (χ0v) is 9.16. The number of carbonyl (C=O) groups is 2. The van der Waals surface area contributed by atoms with Crippen LogP contribution in [-0.2, 0) is 14.3 Å². The fraction of sp³-hybridized carbons (Fsp3) is 0.800. The molecule has 0 aliphatic carbocycles. The second-order valence-corrected chi connectivity index (χ2v) is 4.12. The molecule has 0 aromatic carbocycles. The Morgan fingerprint density at radius 2 is 1.93 bits per heavy atom. The monoisotopic (exact) mass is 202 g/mol. The summed E-state index contributed by atoms with van der Waals surface area (Å²) in [5.41, 5.74) is -0.505. The topological polar surface area (TPSA) is 63.6 Å². The Morgan fingerprint density at radius 3 is 2.29 bits per heavy atom. The van der Waals surface area contributed by atoms with Gasteiger partial charge in [0.15, 0.2) is 0 Å². The van der Waals surface area contributed by atoms with Crippen LogP contribution in [0.3, 0.4) is 0 Å². The Kier molecular flexibility index (Phi) is 4.77. The van der Waals surface area contributed by atoms with Gasteiger partial charge in [0.1, 0.15) is 5.78 Å². The third-order valence-electron chi connectivity index (χ3n) is 2.13. The molecular formula is C10H18O4. The molecule has 14 heavy (non-hydrogen) atoms. The van der Waals surface area contributed by atoms with Crippen molar-refractivity contribution in [2.75, 3.05) is 7.11 Å². The number of carboxylic acid groups (broad SMARTS) is 1. The zero-order valence-electron chi connectivity index (χ0n) is 9.16. The van der Waals surface area contributed by atoms with Crippen molar-refractivity contribution in [1.29, 1.82) is 0 Å². The highest BCUT2D eigenvalue weighted by Crippen LogP contribution is 2.16. The van der Waals surface area contributed by atoms with Crippen molar-refractivity contribution in [3.05, 3.63) is 0 Å². The van der Waals surface area contributed by atoms with Gasteiger partial charge >= 0.3 is 5.97 Å². The van der Waals surface area contributed by atoms with E-state index < -0.39 is 17.5 Å². The van der Waals surface area contributed by atoms with Gasteiger partial charge in [-0.05, 0) is 13.8 Å². The third-order valence-corrected chi connectivity index (χ3v) is 2.13. The van der Waals surface area contributed by atoms with Gasteiger partial charge in [0.25, 0.3) is 0 Å². The quantitative estimate of drug-likeness (QED) is 0.708. The molecule has 0 saturated carbocycles. The Balaban J connectivity index is 4.05. The number of carbonyl (C=O) groups excluding carboxylic acids is 1. The highest BCUT2D eigenvalue weighted by molar-refractivity contribution is 5.84. The molecule has 4 nitrogen and oxygen atoms in total. The second-order valence-electron chi connectivity index (χ2n) is 4.12. The normalized spacial score (nSPS) is 13.7. The van der Waals surface area contributed by atoms with Gasteiger partial charge < -0.3 is 9.84 Å². The summed E-state index contributed by atoms with van der Waals surface area (Å²) in [7, 11) is 1.54.